The third-order valence-corrected chi connectivity index (χ3v) is 6.94. The molecule has 3 aliphatic rings. The number of hydrogen-bond acceptors (Lipinski definition) is 5. The van der Waals surface area contributed by atoms with Crippen molar-refractivity contribution in [3.63, 3.8) is 0 Å². The highest BCUT2D eigenvalue weighted by molar-refractivity contribution is 6.21. The zero-order valence-electron chi connectivity index (χ0n) is 16.8. The summed E-state index contributed by atoms with van der Waals surface area (Å²) >= 11 is 0. The fourth-order valence-electron chi connectivity index (χ4n) is 5.54. The molecular weight excluding hydrogens is 382 g/mol. The lowest BCUT2D eigenvalue weighted by Crippen LogP contribution is -2.51. The van der Waals surface area contributed by atoms with E-state index in [1.165, 1.54) is 0 Å². The summed E-state index contributed by atoms with van der Waals surface area (Å²) in [5, 5.41) is 0. The van der Waals surface area contributed by atoms with Gasteiger partial charge in [0, 0.05) is 30.1 Å². The largest absolute Gasteiger partial charge is 0.425 e. The number of carbonyl (C=O) groups is 3. The van der Waals surface area contributed by atoms with Crippen LogP contribution in [0.25, 0.3) is 0 Å². The molecule has 0 radical (unpaired) electrons. The van der Waals surface area contributed by atoms with E-state index in [-0.39, 0.29) is 11.7 Å². The lowest BCUT2D eigenvalue weighted by Gasteiger charge is -2.32. The van der Waals surface area contributed by atoms with Gasteiger partial charge in [-0.25, -0.2) is 0 Å². The molecule has 30 heavy (non-hydrogen) atoms. The predicted octanol–water partition coefficient (Wildman–Crippen LogP) is 2.83. The molecule has 0 spiro atoms. The number of ether oxygens (including phenoxy) is 2. The van der Waals surface area contributed by atoms with Crippen LogP contribution < -0.4 is 4.74 Å². The van der Waals surface area contributed by atoms with E-state index in [1.54, 1.807) is 41.3 Å². The molecule has 0 unspecified atom stereocenters. The number of morpholine rings is 1. The minimum atomic E-state index is -1.53. The van der Waals surface area contributed by atoms with Crippen molar-refractivity contribution in [2.45, 2.75) is 19.3 Å². The maximum absolute atomic E-state index is 13.9. The SMILES string of the molecule is CC[C@@]1(C(=O)c2ccccc2)[C@@H]2c3ccccc3OC(=O)[C@@]21C(=O)N1CCOCC1. The number of hydrogen-bond donors (Lipinski definition) is 0. The standard InChI is InChI=1S/C24H23NO5/c1-2-23(20(26)16-8-4-3-5-9-16)19-17-10-6-7-11-18(17)30-22(28)24(19,23)21(27)25-12-14-29-15-13-25/h3-11,19H,2,12-15H2,1H3/t19-,23-,24-/m0/s1. The highest BCUT2D eigenvalue weighted by atomic mass is 16.5. The number of nitrogens with zero attached hydrogens (tertiary/aromatic N) is 1. The molecule has 6 nitrogen and oxygen atoms in total. The Morgan fingerprint density at radius 2 is 1.70 bits per heavy atom. The second-order valence-corrected chi connectivity index (χ2v) is 8.09. The first-order valence-electron chi connectivity index (χ1n) is 10.4. The number of Topliss-reactive ketones (excluding diaryl/α,β-unsaturated/α-hetero) is 1. The van der Waals surface area contributed by atoms with E-state index in [9.17, 15) is 14.4 Å². The number of esters is 1. The number of benzene rings is 2. The van der Waals surface area contributed by atoms with Gasteiger partial charge >= 0.3 is 5.97 Å². The van der Waals surface area contributed by atoms with Gasteiger partial charge in [0.2, 0.25) is 5.91 Å². The summed E-state index contributed by atoms with van der Waals surface area (Å²) in [5.74, 6) is -1.20. The summed E-state index contributed by atoms with van der Waals surface area (Å²) in [4.78, 5) is 42.9. The van der Waals surface area contributed by atoms with E-state index < -0.39 is 22.7 Å². The fourth-order valence-corrected chi connectivity index (χ4v) is 5.54. The topological polar surface area (TPSA) is 72.9 Å². The van der Waals surface area contributed by atoms with Crippen LogP contribution in [0.3, 0.4) is 0 Å². The zero-order chi connectivity index (χ0) is 20.9. The Kier molecular flexibility index (Phi) is 4.29. The van der Waals surface area contributed by atoms with E-state index in [1.807, 2.05) is 25.1 Å². The van der Waals surface area contributed by atoms with E-state index >= 15 is 0 Å². The van der Waals surface area contributed by atoms with Crippen molar-refractivity contribution in [1.29, 1.82) is 0 Å². The molecule has 2 aromatic carbocycles. The molecule has 6 heteroatoms. The van der Waals surface area contributed by atoms with Crippen molar-refractivity contribution in [3.05, 3.63) is 65.7 Å². The summed E-state index contributed by atoms with van der Waals surface area (Å²) in [6.45, 7) is 3.53. The van der Waals surface area contributed by atoms with Crippen LogP contribution >= 0.6 is 0 Å². The summed E-state index contributed by atoms with van der Waals surface area (Å²) in [5.41, 5.74) is -1.42. The van der Waals surface area contributed by atoms with Crippen molar-refractivity contribution in [2.24, 2.45) is 10.8 Å². The number of carbonyl (C=O) groups excluding carboxylic acids is 3. The maximum Gasteiger partial charge on any atom is 0.328 e. The number of amides is 1. The normalized spacial score (nSPS) is 29.4. The molecule has 1 amide bonds. The first-order chi connectivity index (χ1) is 14.6. The van der Waals surface area contributed by atoms with Gasteiger partial charge in [-0.3, -0.25) is 14.4 Å². The molecule has 3 atom stereocenters. The van der Waals surface area contributed by atoms with Gasteiger partial charge in [0.25, 0.3) is 0 Å². The van der Waals surface area contributed by atoms with E-state index in [0.717, 1.165) is 5.56 Å². The van der Waals surface area contributed by atoms with E-state index in [2.05, 4.69) is 0 Å². The highest BCUT2D eigenvalue weighted by Gasteiger charge is 2.89. The van der Waals surface area contributed by atoms with Gasteiger partial charge in [0.1, 0.15) is 5.75 Å². The lowest BCUT2D eigenvalue weighted by molar-refractivity contribution is -0.156. The van der Waals surface area contributed by atoms with Crippen LogP contribution in [0.5, 0.6) is 5.75 Å². The Hall–Kier alpha value is -2.99. The molecule has 0 N–H and O–H groups in total. The third kappa shape index (κ3) is 2.25. The predicted molar refractivity (Wildman–Crippen MR) is 108 cm³/mol. The molecule has 5 rings (SSSR count). The van der Waals surface area contributed by atoms with Crippen molar-refractivity contribution in [3.8, 4) is 5.75 Å². The number of fused-ring (bicyclic) bond motifs is 3. The molecule has 1 aliphatic carbocycles. The summed E-state index contributed by atoms with van der Waals surface area (Å²) in [6.07, 6.45) is 0.366. The van der Waals surface area contributed by atoms with Crippen LogP contribution in [-0.2, 0) is 14.3 Å². The second kappa shape index (κ2) is 6.77. The third-order valence-electron chi connectivity index (χ3n) is 6.94. The van der Waals surface area contributed by atoms with Crippen LogP contribution in [-0.4, -0.2) is 48.9 Å². The van der Waals surface area contributed by atoms with Gasteiger partial charge < -0.3 is 14.4 Å². The second-order valence-electron chi connectivity index (χ2n) is 8.09. The Balaban J connectivity index is 1.70. The first-order valence-corrected chi connectivity index (χ1v) is 10.4. The smallest absolute Gasteiger partial charge is 0.328 e. The maximum atomic E-state index is 13.9. The minimum absolute atomic E-state index is 0.175. The average Bonchev–Trinajstić information content (AvgIpc) is 3.46. The summed E-state index contributed by atoms with van der Waals surface area (Å²) in [6, 6.07) is 16.2. The van der Waals surface area contributed by atoms with Crippen LogP contribution in [0.4, 0.5) is 0 Å². The lowest BCUT2D eigenvalue weighted by atomic mass is 9.82. The van der Waals surface area contributed by atoms with Crippen LogP contribution in [0.15, 0.2) is 54.6 Å². The van der Waals surface area contributed by atoms with E-state index in [0.29, 0.717) is 44.0 Å². The highest BCUT2D eigenvalue weighted by Crippen LogP contribution is 2.80. The Morgan fingerprint density at radius 3 is 2.40 bits per heavy atom. The van der Waals surface area contributed by atoms with Crippen LogP contribution in [0, 0.1) is 10.8 Å². The van der Waals surface area contributed by atoms with Gasteiger partial charge in [0.05, 0.1) is 18.6 Å². The van der Waals surface area contributed by atoms with E-state index in [4.69, 9.17) is 9.47 Å². The van der Waals surface area contributed by atoms with Gasteiger partial charge in [-0.15, -0.1) is 0 Å². The van der Waals surface area contributed by atoms with Crippen molar-refractivity contribution in [1.82, 2.24) is 4.90 Å². The molecule has 2 aromatic rings. The molecule has 0 bridgehead atoms. The Morgan fingerprint density at radius 1 is 1.03 bits per heavy atom. The van der Waals surface area contributed by atoms with Crippen molar-refractivity contribution >= 4 is 17.7 Å². The molecule has 154 valence electrons. The van der Waals surface area contributed by atoms with Crippen LogP contribution in [0.1, 0.15) is 35.2 Å². The quantitative estimate of drug-likeness (QED) is 0.339. The molecule has 0 aromatic heterocycles. The Bertz CT molecular complexity index is 1030. The monoisotopic (exact) mass is 405 g/mol. The van der Waals surface area contributed by atoms with Gasteiger partial charge in [-0.05, 0) is 12.5 Å². The van der Waals surface area contributed by atoms with Gasteiger partial charge in [-0.1, -0.05) is 55.5 Å². The molecule has 2 aliphatic heterocycles. The fraction of sp³-hybridized carbons (Fsp3) is 0.375. The van der Waals surface area contributed by atoms with Gasteiger partial charge in [0.15, 0.2) is 11.2 Å². The van der Waals surface area contributed by atoms with Gasteiger partial charge in [-0.2, -0.15) is 0 Å². The molecule has 2 heterocycles. The molecular formula is C24H23NO5. The number of rotatable bonds is 4. The average molecular weight is 405 g/mol. The summed E-state index contributed by atoms with van der Waals surface area (Å²) < 4.78 is 11.1. The molecule has 2 fully saturated rings. The zero-order valence-corrected chi connectivity index (χ0v) is 16.8. The summed E-state index contributed by atoms with van der Waals surface area (Å²) in [7, 11) is 0. The number of ketones is 1. The minimum Gasteiger partial charge on any atom is -0.425 e. The van der Waals surface area contributed by atoms with Crippen molar-refractivity contribution < 1.29 is 23.9 Å². The molecule has 1 saturated carbocycles. The van der Waals surface area contributed by atoms with Crippen LogP contribution in [0.2, 0.25) is 0 Å². The van der Waals surface area contributed by atoms with Crippen molar-refractivity contribution in [2.75, 3.05) is 26.3 Å². The Labute approximate surface area is 174 Å². The first kappa shape index (κ1) is 19.0. The molecule has 1 saturated heterocycles. The number of para-hydroxylation sites is 1.